The number of aryl methyl sites for hydroxylation is 2. The van der Waals surface area contributed by atoms with Crippen molar-refractivity contribution in [2.75, 3.05) is 0 Å². The van der Waals surface area contributed by atoms with E-state index in [4.69, 9.17) is 5.26 Å². The Morgan fingerprint density at radius 1 is 1.64 bits per heavy atom. The van der Waals surface area contributed by atoms with E-state index in [1.54, 1.807) is 0 Å². The summed E-state index contributed by atoms with van der Waals surface area (Å²) in [6.45, 7) is 5.92. The fraction of sp³-hybridized carbons (Fsp3) is 0.600. The number of nitrogens with zero attached hydrogens (tertiary/aromatic N) is 3. The summed E-state index contributed by atoms with van der Waals surface area (Å²) in [4.78, 5) is 4.43. The molecule has 14 heavy (non-hydrogen) atoms. The molecule has 76 valence electrons. The molecule has 1 rings (SSSR count). The molecule has 0 amide bonds. The monoisotopic (exact) mass is 255 g/mol. The van der Waals surface area contributed by atoms with Crippen LogP contribution in [0.5, 0.6) is 0 Å². The molecule has 0 aromatic carbocycles. The molecule has 1 aromatic heterocycles. The topological polar surface area (TPSA) is 41.6 Å². The van der Waals surface area contributed by atoms with Crippen LogP contribution in [0, 0.1) is 18.3 Å². The Bertz CT molecular complexity index is 362. The van der Waals surface area contributed by atoms with Crippen molar-refractivity contribution in [1.82, 2.24) is 9.55 Å². The zero-order valence-corrected chi connectivity index (χ0v) is 10.3. The number of hydrogen-bond acceptors (Lipinski definition) is 2. The average Bonchev–Trinajstić information content (AvgIpc) is 2.42. The maximum atomic E-state index is 8.86. The molecule has 0 aliphatic carbocycles. The average molecular weight is 256 g/mol. The molecule has 0 N–H and O–H groups in total. The lowest BCUT2D eigenvalue weighted by Gasteiger charge is -2.08. The first-order chi connectivity index (χ1) is 6.61. The lowest BCUT2D eigenvalue weighted by molar-refractivity contribution is 0.637. The predicted octanol–water partition coefficient (Wildman–Crippen LogP) is 2.99. The van der Waals surface area contributed by atoms with Crippen molar-refractivity contribution in [1.29, 1.82) is 5.26 Å². The van der Waals surface area contributed by atoms with Crippen molar-refractivity contribution >= 4 is 15.9 Å². The van der Waals surface area contributed by atoms with Gasteiger partial charge in [-0.15, -0.1) is 0 Å². The zero-order valence-electron chi connectivity index (χ0n) is 8.71. The van der Waals surface area contributed by atoms with E-state index in [9.17, 15) is 0 Å². The Kier molecular flexibility index (Phi) is 3.70. The van der Waals surface area contributed by atoms with Gasteiger partial charge in [-0.2, -0.15) is 5.26 Å². The highest BCUT2D eigenvalue weighted by molar-refractivity contribution is 9.10. The third kappa shape index (κ3) is 1.98. The highest BCUT2D eigenvalue weighted by atomic mass is 79.9. The molecule has 0 spiro atoms. The van der Waals surface area contributed by atoms with Crippen LogP contribution in [0.15, 0.2) is 4.60 Å². The third-order valence-corrected chi connectivity index (χ3v) is 3.00. The largest absolute Gasteiger partial charge is 0.306 e. The van der Waals surface area contributed by atoms with E-state index >= 15 is 0 Å². The first-order valence-corrected chi connectivity index (χ1v) is 5.53. The summed E-state index contributed by atoms with van der Waals surface area (Å²) in [5.74, 6) is 0.898. The molecule has 0 bridgehead atoms. The summed E-state index contributed by atoms with van der Waals surface area (Å²) < 4.78 is 2.87. The van der Waals surface area contributed by atoms with E-state index in [0.717, 1.165) is 29.0 Å². The van der Waals surface area contributed by atoms with Gasteiger partial charge < -0.3 is 4.57 Å². The summed E-state index contributed by atoms with van der Waals surface area (Å²) in [6, 6.07) is 2.05. The second-order valence-corrected chi connectivity index (χ2v) is 4.07. The standard InChI is InChI=1S/C10H14BrN3/c1-4-5-9-10(11)14(7(2)6-12)8(3)13-9/h7H,4-5H2,1-3H3. The van der Waals surface area contributed by atoms with Crippen molar-refractivity contribution in [3.8, 4) is 6.07 Å². The Morgan fingerprint density at radius 3 is 2.79 bits per heavy atom. The van der Waals surface area contributed by atoms with E-state index in [0.29, 0.717) is 0 Å². The second-order valence-electron chi connectivity index (χ2n) is 3.32. The van der Waals surface area contributed by atoms with Crippen LogP contribution in [0.4, 0.5) is 0 Å². The minimum atomic E-state index is -0.164. The Morgan fingerprint density at radius 2 is 2.29 bits per heavy atom. The maximum Gasteiger partial charge on any atom is 0.120 e. The molecular weight excluding hydrogens is 242 g/mol. The van der Waals surface area contributed by atoms with Gasteiger partial charge in [0.05, 0.1) is 11.8 Å². The van der Waals surface area contributed by atoms with Crippen molar-refractivity contribution in [2.45, 2.75) is 39.7 Å². The van der Waals surface area contributed by atoms with Gasteiger partial charge in [-0.25, -0.2) is 4.98 Å². The number of aromatic nitrogens is 2. The summed E-state index contributed by atoms with van der Waals surface area (Å²) in [5.41, 5.74) is 1.05. The van der Waals surface area contributed by atoms with Crippen LogP contribution in [-0.2, 0) is 6.42 Å². The molecule has 0 fully saturated rings. The SMILES string of the molecule is CCCc1nc(C)n(C(C)C#N)c1Br. The molecule has 0 aliphatic heterocycles. The first-order valence-electron chi connectivity index (χ1n) is 4.74. The van der Waals surface area contributed by atoms with Crippen molar-refractivity contribution in [3.63, 3.8) is 0 Å². The lowest BCUT2D eigenvalue weighted by atomic mass is 10.3. The van der Waals surface area contributed by atoms with Crippen LogP contribution >= 0.6 is 15.9 Å². The van der Waals surface area contributed by atoms with Gasteiger partial charge in [0.2, 0.25) is 0 Å². The maximum absolute atomic E-state index is 8.86. The summed E-state index contributed by atoms with van der Waals surface area (Å²) >= 11 is 3.49. The highest BCUT2D eigenvalue weighted by Gasteiger charge is 2.15. The minimum absolute atomic E-state index is 0.164. The van der Waals surface area contributed by atoms with E-state index in [2.05, 4.69) is 33.9 Å². The van der Waals surface area contributed by atoms with Crippen LogP contribution in [0.25, 0.3) is 0 Å². The number of halogens is 1. The van der Waals surface area contributed by atoms with Crippen LogP contribution < -0.4 is 0 Å². The van der Waals surface area contributed by atoms with Crippen LogP contribution in [0.2, 0.25) is 0 Å². The van der Waals surface area contributed by atoms with Crippen molar-refractivity contribution < 1.29 is 0 Å². The summed E-state index contributed by atoms with van der Waals surface area (Å²) in [7, 11) is 0. The van der Waals surface area contributed by atoms with Gasteiger partial charge >= 0.3 is 0 Å². The van der Waals surface area contributed by atoms with Gasteiger partial charge in [0.1, 0.15) is 16.5 Å². The lowest BCUT2D eigenvalue weighted by Crippen LogP contribution is -2.05. The fourth-order valence-electron chi connectivity index (χ4n) is 1.48. The van der Waals surface area contributed by atoms with Crippen LogP contribution in [-0.4, -0.2) is 9.55 Å². The molecule has 4 heteroatoms. The van der Waals surface area contributed by atoms with Crippen LogP contribution in [0.3, 0.4) is 0 Å². The van der Waals surface area contributed by atoms with Gasteiger partial charge in [0.25, 0.3) is 0 Å². The van der Waals surface area contributed by atoms with Crippen LogP contribution in [0.1, 0.15) is 37.8 Å². The predicted molar refractivity (Wildman–Crippen MR) is 59.0 cm³/mol. The number of imidazole rings is 1. The normalized spacial score (nSPS) is 12.5. The molecule has 0 saturated carbocycles. The molecule has 1 unspecified atom stereocenters. The number of nitriles is 1. The van der Waals surface area contributed by atoms with Gasteiger partial charge in [-0.1, -0.05) is 13.3 Å². The Balaban J connectivity index is 3.12. The van der Waals surface area contributed by atoms with E-state index in [1.165, 1.54) is 0 Å². The first kappa shape index (κ1) is 11.3. The van der Waals surface area contributed by atoms with Gasteiger partial charge in [0, 0.05) is 0 Å². The molecule has 1 aromatic rings. The van der Waals surface area contributed by atoms with E-state index in [1.807, 2.05) is 18.4 Å². The fourth-order valence-corrected chi connectivity index (χ4v) is 2.33. The second kappa shape index (κ2) is 4.61. The van der Waals surface area contributed by atoms with Gasteiger partial charge in [-0.05, 0) is 36.2 Å². The third-order valence-electron chi connectivity index (χ3n) is 2.16. The minimum Gasteiger partial charge on any atom is -0.306 e. The van der Waals surface area contributed by atoms with Crippen molar-refractivity contribution in [2.24, 2.45) is 0 Å². The molecule has 0 saturated heterocycles. The number of rotatable bonds is 3. The van der Waals surface area contributed by atoms with E-state index in [-0.39, 0.29) is 6.04 Å². The molecule has 1 atom stereocenters. The quantitative estimate of drug-likeness (QED) is 0.834. The summed E-state index contributed by atoms with van der Waals surface area (Å²) in [6.07, 6.45) is 2.02. The Hall–Kier alpha value is -0.820. The van der Waals surface area contributed by atoms with Gasteiger partial charge in [-0.3, -0.25) is 0 Å². The molecular formula is C10H14BrN3. The molecule has 0 aliphatic rings. The van der Waals surface area contributed by atoms with E-state index < -0.39 is 0 Å². The number of hydrogen-bond donors (Lipinski definition) is 0. The Labute approximate surface area is 92.9 Å². The van der Waals surface area contributed by atoms with Crippen molar-refractivity contribution in [3.05, 3.63) is 16.1 Å². The zero-order chi connectivity index (χ0) is 10.7. The highest BCUT2D eigenvalue weighted by Crippen LogP contribution is 2.23. The smallest absolute Gasteiger partial charge is 0.120 e. The molecule has 3 nitrogen and oxygen atoms in total. The molecule has 1 heterocycles. The van der Waals surface area contributed by atoms with Gasteiger partial charge in [0.15, 0.2) is 0 Å². The molecule has 0 radical (unpaired) electrons. The summed E-state index contributed by atoms with van der Waals surface area (Å²) in [5, 5.41) is 8.86.